The summed E-state index contributed by atoms with van der Waals surface area (Å²) >= 11 is 0. The molecular formula is C15H28. The molecule has 1 fully saturated rings. The first kappa shape index (κ1) is 12.8. The second kappa shape index (κ2) is 4.72. The Bertz CT molecular complexity index is 213. The molecule has 0 spiro atoms. The molecule has 2 rings (SSSR count). The maximum Gasteiger partial charge on any atom is -0.0260 e. The van der Waals surface area contributed by atoms with Crippen LogP contribution >= 0.6 is 0 Å². The van der Waals surface area contributed by atoms with Gasteiger partial charge in [0.25, 0.3) is 0 Å². The van der Waals surface area contributed by atoms with Gasteiger partial charge in [0, 0.05) is 0 Å². The molecule has 0 radical (unpaired) electrons. The minimum absolute atomic E-state index is 0.500. The lowest BCUT2D eigenvalue weighted by atomic mass is 9.73. The molecule has 0 nitrogen and oxygen atoms in total. The first-order valence-corrected chi connectivity index (χ1v) is 6.46. The van der Waals surface area contributed by atoms with Crippen molar-refractivity contribution in [1.82, 2.24) is 0 Å². The summed E-state index contributed by atoms with van der Waals surface area (Å²) in [7, 11) is 0. The van der Waals surface area contributed by atoms with Gasteiger partial charge >= 0.3 is 0 Å². The summed E-state index contributed by atoms with van der Waals surface area (Å²) in [4.78, 5) is 0. The van der Waals surface area contributed by atoms with Gasteiger partial charge < -0.3 is 0 Å². The summed E-state index contributed by atoms with van der Waals surface area (Å²) in [6.45, 7) is 11.2. The molecule has 0 heteroatoms. The molecule has 2 aliphatic carbocycles. The monoisotopic (exact) mass is 208 g/mol. The van der Waals surface area contributed by atoms with Crippen molar-refractivity contribution in [3.8, 4) is 0 Å². The van der Waals surface area contributed by atoms with Gasteiger partial charge in [-0.15, -0.1) is 0 Å². The van der Waals surface area contributed by atoms with Gasteiger partial charge in [0.2, 0.25) is 0 Å². The van der Waals surface area contributed by atoms with Gasteiger partial charge in [-0.05, 0) is 42.4 Å². The summed E-state index contributed by atoms with van der Waals surface area (Å²) in [5.41, 5.74) is 1.20. The molecule has 0 aromatic carbocycles. The lowest BCUT2D eigenvalue weighted by molar-refractivity contribution is 0.222. The van der Waals surface area contributed by atoms with E-state index in [0.717, 1.165) is 5.92 Å². The molecule has 2 unspecified atom stereocenters. The maximum absolute atomic E-state index is 2.47. The van der Waals surface area contributed by atoms with Gasteiger partial charge in [0.05, 0.1) is 0 Å². The van der Waals surface area contributed by atoms with Crippen molar-refractivity contribution < 1.29 is 0 Å². The van der Waals surface area contributed by atoms with Gasteiger partial charge in [-0.2, -0.15) is 0 Å². The molecule has 0 bridgehead atoms. The van der Waals surface area contributed by atoms with Gasteiger partial charge in [0.15, 0.2) is 0 Å². The van der Waals surface area contributed by atoms with E-state index in [4.69, 9.17) is 0 Å². The standard InChI is InChI=1S/C10H16.C5H12/c1-10-7-3-2-5-9(10)6-4-8-10;1-5(2,3)4/h2-3,9H,4-8H2,1H3;1-4H3. The van der Waals surface area contributed by atoms with E-state index in [1.165, 1.54) is 32.1 Å². The zero-order valence-electron chi connectivity index (χ0n) is 11.3. The summed E-state index contributed by atoms with van der Waals surface area (Å²) in [6.07, 6.45) is 11.9. The maximum atomic E-state index is 2.47. The highest BCUT2D eigenvalue weighted by Gasteiger charge is 2.38. The summed E-state index contributed by atoms with van der Waals surface area (Å²) < 4.78 is 0. The fourth-order valence-corrected chi connectivity index (χ4v) is 2.59. The Balaban J connectivity index is 0.000000195. The lowest BCUT2D eigenvalue weighted by Gasteiger charge is -2.32. The average Bonchev–Trinajstić information content (AvgIpc) is 2.42. The van der Waals surface area contributed by atoms with Crippen LogP contribution in [-0.2, 0) is 0 Å². The van der Waals surface area contributed by atoms with E-state index in [1.54, 1.807) is 0 Å². The van der Waals surface area contributed by atoms with Gasteiger partial charge in [-0.3, -0.25) is 0 Å². The third kappa shape index (κ3) is 4.40. The van der Waals surface area contributed by atoms with Crippen LogP contribution in [-0.4, -0.2) is 0 Å². The fraction of sp³-hybridized carbons (Fsp3) is 0.867. The minimum Gasteiger partial charge on any atom is -0.0882 e. The summed E-state index contributed by atoms with van der Waals surface area (Å²) in [5, 5.41) is 0. The molecule has 2 atom stereocenters. The van der Waals surface area contributed by atoms with Crippen LogP contribution in [0.25, 0.3) is 0 Å². The van der Waals surface area contributed by atoms with E-state index in [1.807, 2.05) is 0 Å². The molecule has 2 aliphatic rings. The molecule has 0 amide bonds. The van der Waals surface area contributed by atoms with E-state index in [2.05, 4.69) is 46.8 Å². The van der Waals surface area contributed by atoms with Crippen LogP contribution in [0.4, 0.5) is 0 Å². The van der Waals surface area contributed by atoms with Crippen LogP contribution in [0.15, 0.2) is 12.2 Å². The van der Waals surface area contributed by atoms with Crippen LogP contribution in [0.3, 0.4) is 0 Å². The van der Waals surface area contributed by atoms with Gasteiger partial charge in [-0.25, -0.2) is 0 Å². The van der Waals surface area contributed by atoms with Crippen molar-refractivity contribution in [3.63, 3.8) is 0 Å². The smallest absolute Gasteiger partial charge is 0.0260 e. The number of fused-ring (bicyclic) bond motifs is 1. The zero-order valence-corrected chi connectivity index (χ0v) is 11.3. The molecule has 0 N–H and O–H groups in total. The molecular weight excluding hydrogens is 180 g/mol. The Morgan fingerprint density at radius 3 is 2.27 bits per heavy atom. The van der Waals surface area contributed by atoms with Crippen LogP contribution < -0.4 is 0 Å². The zero-order chi connectivity index (χ0) is 11.5. The fourth-order valence-electron chi connectivity index (χ4n) is 2.59. The Hall–Kier alpha value is -0.260. The van der Waals surface area contributed by atoms with E-state index < -0.39 is 0 Å². The van der Waals surface area contributed by atoms with Gasteiger partial charge in [0.1, 0.15) is 0 Å². The normalized spacial score (nSPS) is 34.3. The molecule has 15 heavy (non-hydrogen) atoms. The third-order valence-corrected chi connectivity index (χ3v) is 3.46. The Labute approximate surface area is 96.2 Å². The topological polar surface area (TPSA) is 0 Å². The predicted octanol–water partition coefficient (Wildman–Crippen LogP) is 5.20. The lowest BCUT2D eigenvalue weighted by Crippen LogP contribution is -2.22. The number of hydrogen-bond donors (Lipinski definition) is 0. The highest BCUT2D eigenvalue weighted by molar-refractivity contribution is 5.03. The van der Waals surface area contributed by atoms with Crippen LogP contribution in [0.2, 0.25) is 0 Å². The molecule has 1 saturated carbocycles. The molecule has 0 heterocycles. The second-order valence-electron chi connectivity index (χ2n) is 7.15. The van der Waals surface area contributed by atoms with Crippen LogP contribution in [0.1, 0.15) is 66.7 Å². The van der Waals surface area contributed by atoms with Crippen molar-refractivity contribution in [1.29, 1.82) is 0 Å². The van der Waals surface area contributed by atoms with E-state index >= 15 is 0 Å². The molecule has 0 aliphatic heterocycles. The first-order valence-electron chi connectivity index (χ1n) is 6.46. The molecule has 0 saturated heterocycles. The summed E-state index contributed by atoms with van der Waals surface area (Å²) in [5.74, 6) is 1.03. The van der Waals surface area contributed by atoms with E-state index in [0.29, 0.717) is 10.8 Å². The Morgan fingerprint density at radius 2 is 1.73 bits per heavy atom. The van der Waals surface area contributed by atoms with Crippen molar-refractivity contribution in [2.45, 2.75) is 66.7 Å². The van der Waals surface area contributed by atoms with Gasteiger partial charge in [-0.1, -0.05) is 53.2 Å². The highest BCUT2D eigenvalue weighted by Crippen LogP contribution is 2.49. The minimum atomic E-state index is 0.500. The van der Waals surface area contributed by atoms with Crippen LogP contribution in [0, 0.1) is 16.7 Å². The Morgan fingerprint density at radius 1 is 1.13 bits per heavy atom. The van der Waals surface area contributed by atoms with E-state index in [9.17, 15) is 0 Å². The van der Waals surface area contributed by atoms with E-state index in [-0.39, 0.29) is 0 Å². The summed E-state index contributed by atoms with van der Waals surface area (Å²) in [6, 6.07) is 0. The van der Waals surface area contributed by atoms with Crippen molar-refractivity contribution in [3.05, 3.63) is 12.2 Å². The van der Waals surface area contributed by atoms with Crippen LogP contribution in [0.5, 0.6) is 0 Å². The average molecular weight is 208 g/mol. The van der Waals surface area contributed by atoms with Crippen molar-refractivity contribution >= 4 is 0 Å². The molecule has 88 valence electrons. The first-order chi connectivity index (χ1) is 6.81. The molecule has 0 aromatic heterocycles. The second-order valence-corrected chi connectivity index (χ2v) is 7.15. The third-order valence-electron chi connectivity index (χ3n) is 3.46. The number of allylic oxidation sites excluding steroid dienone is 2. The van der Waals surface area contributed by atoms with Crippen molar-refractivity contribution in [2.24, 2.45) is 16.7 Å². The quantitative estimate of drug-likeness (QED) is 0.480. The Kier molecular flexibility index (Phi) is 4.03. The molecule has 0 aromatic rings. The largest absolute Gasteiger partial charge is 0.0882 e. The number of hydrogen-bond acceptors (Lipinski definition) is 0. The highest BCUT2D eigenvalue weighted by atomic mass is 14.4. The SMILES string of the molecule is CC(C)(C)C.CC12CC=CCC1CCC2. The van der Waals surface area contributed by atoms with Crippen molar-refractivity contribution in [2.75, 3.05) is 0 Å². The number of rotatable bonds is 0. The predicted molar refractivity (Wildman–Crippen MR) is 69.0 cm³/mol.